The molecule has 24 heavy (non-hydrogen) atoms. The Balaban J connectivity index is 0.00000208. The van der Waals surface area contributed by atoms with E-state index in [0.717, 1.165) is 31.5 Å². The van der Waals surface area contributed by atoms with Gasteiger partial charge in [0.05, 0.1) is 11.4 Å². The highest BCUT2D eigenvalue weighted by atomic mass is 35.5. The van der Waals surface area contributed by atoms with Gasteiger partial charge in [-0.3, -0.25) is 9.10 Å². The maximum absolute atomic E-state index is 12.3. The third-order valence-corrected chi connectivity index (χ3v) is 6.41. The fourth-order valence-corrected chi connectivity index (χ4v) is 4.81. The number of piperidine rings is 1. The molecule has 0 atom stereocenters. The number of halogens is 1. The van der Waals surface area contributed by atoms with Gasteiger partial charge in [0, 0.05) is 18.2 Å². The quantitative estimate of drug-likeness (QED) is 0.848. The second-order valence-corrected chi connectivity index (χ2v) is 8.27. The molecule has 0 bridgehead atoms. The third-order valence-electron chi connectivity index (χ3n) is 4.55. The molecule has 2 saturated heterocycles. The van der Waals surface area contributed by atoms with Crippen molar-refractivity contribution in [1.29, 1.82) is 0 Å². The molecule has 2 aliphatic heterocycles. The minimum Gasteiger partial charge on any atom is -0.326 e. The standard InChI is InChI=1S/C16H23N3O3S.ClH/c1-12-3-4-14(18-16(20)13-5-7-17-8-6-13)11-15(12)19-9-2-10-23(19,21)22;/h3-4,11,13,17H,2,5-10H2,1H3,(H,18,20);1H. The molecule has 0 aliphatic carbocycles. The lowest BCUT2D eigenvalue weighted by Gasteiger charge is -2.23. The minimum absolute atomic E-state index is 0. The van der Waals surface area contributed by atoms with E-state index in [9.17, 15) is 13.2 Å². The number of aryl methyl sites for hydroxylation is 1. The SMILES string of the molecule is Cc1ccc(NC(=O)C2CCNCC2)cc1N1CCCS1(=O)=O.Cl. The Morgan fingerprint density at radius 2 is 2.00 bits per heavy atom. The van der Waals surface area contributed by atoms with Crippen LogP contribution in [0.2, 0.25) is 0 Å². The summed E-state index contributed by atoms with van der Waals surface area (Å²) in [6.07, 6.45) is 2.32. The van der Waals surface area contributed by atoms with Crippen LogP contribution in [0.5, 0.6) is 0 Å². The lowest BCUT2D eigenvalue weighted by Crippen LogP contribution is -2.34. The predicted octanol–water partition coefficient (Wildman–Crippen LogP) is 1.89. The molecular weight excluding hydrogens is 350 g/mol. The molecule has 2 heterocycles. The van der Waals surface area contributed by atoms with Gasteiger partial charge in [0.1, 0.15) is 0 Å². The Kier molecular flexibility index (Phi) is 6.11. The third kappa shape index (κ3) is 4.02. The van der Waals surface area contributed by atoms with Crippen molar-refractivity contribution >= 4 is 39.7 Å². The van der Waals surface area contributed by atoms with Gasteiger partial charge < -0.3 is 10.6 Å². The first-order chi connectivity index (χ1) is 11.0. The number of nitrogens with one attached hydrogen (secondary N) is 2. The van der Waals surface area contributed by atoms with Crippen LogP contribution in [0.25, 0.3) is 0 Å². The van der Waals surface area contributed by atoms with Crippen LogP contribution in [0, 0.1) is 12.8 Å². The molecule has 134 valence electrons. The first-order valence-corrected chi connectivity index (χ1v) is 9.71. The molecule has 0 unspecified atom stereocenters. The lowest BCUT2D eigenvalue weighted by molar-refractivity contribution is -0.120. The number of carbonyl (C=O) groups is 1. The van der Waals surface area contributed by atoms with Crippen LogP contribution in [-0.4, -0.2) is 39.7 Å². The van der Waals surface area contributed by atoms with Gasteiger partial charge in [0.25, 0.3) is 0 Å². The molecule has 8 heteroatoms. The molecule has 6 nitrogen and oxygen atoms in total. The summed E-state index contributed by atoms with van der Waals surface area (Å²) in [7, 11) is -3.22. The van der Waals surface area contributed by atoms with Crippen molar-refractivity contribution in [2.75, 3.05) is 35.0 Å². The molecule has 2 aliphatic rings. The van der Waals surface area contributed by atoms with Gasteiger partial charge in [-0.15, -0.1) is 12.4 Å². The van der Waals surface area contributed by atoms with Crippen LogP contribution in [0.3, 0.4) is 0 Å². The predicted molar refractivity (Wildman–Crippen MR) is 98.4 cm³/mol. The van der Waals surface area contributed by atoms with Gasteiger partial charge in [-0.25, -0.2) is 8.42 Å². The lowest BCUT2D eigenvalue weighted by atomic mass is 9.97. The van der Waals surface area contributed by atoms with Crippen LogP contribution in [0.1, 0.15) is 24.8 Å². The van der Waals surface area contributed by atoms with E-state index < -0.39 is 10.0 Å². The highest BCUT2D eigenvalue weighted by Gasteiger charge is 2.29. The average molecular weight is 374 g/mol. The zero-order chi connectivity index (χ0) is 16.4. The normalized spacial score (nSPS) is 20.5. The number of carbonyl (C=O) groups excluding carboxylic acids is 1. The molecule has 0 saturated carbocycles. The molecule has 1 amide bonds. The molecule has 0 radical (unpaired) electrons. The number of amides is 1. The van der Waals surface area contributed by atoms with E-state index in [0.29, 0.717) is 24.3 Å². The highest BCUT2D eigenvalue weighted by Crippen LogP contribution is 2.30. The van der Waals surface area contributed by atoms with Crippen LogP contribution in [0.15, 0.2) is 18.2 Å². The zero-order valence-electron chi connectivity index (χ0n) is 13.7. The number of hydrogen-bond acceptors (Lipinski definition) is 4. The van der Waals surface area contributed by atoms with Gasteiger partial charge in [-0.05, 0) is 57.0 Å². The van der Waals surface area contributed by atoms with Crippen molar-refractivity contribution in [3.63, 3.8) is 0 Å². The molecule has 0 spiro atoms. The maximum atomic E-state index is 12.3. The first kappa shape index (κ1) is 19.0. The van der Waals surface area contributed by atoms with Crippen molar-refractivity contribution in [2.45, 2.75) is 26.2 Å². The summed E-state index contributed by atoms with van der Waals surface area (Å²) in [6, 6.07) is 5.47. The van der Waals surface area contributed by atoms with Crippen LogP contribution >= 0.6 is 12.4 Å². The fourth-order valence-electron chi connectivity index (χ4n) is 3.19. The van der Waals surface area contributed by atoms with E-state index in [1.54, 1.807) is 6.07 Å². The summed E-state index contributed by atoms with van der Waals surface area (Å²) in [4.78, 5) is 12.3. The summed E-state index contributed by atoms with van der Waals surface area (Å²) in [6.45, 7) is 4.13. The van der Waals surface area contributed by atoms with E-state index in [4.69, 9.17) is 0 Å². The highest BCUT2D eigenvalue weighted by molar-refractivity contribution is 7.93. The topological polar surface area (TPSA) is 78.5 Å². The summed E-state index contributed by atoms with van der Waals surface area (Å²) in [5.41, 5.74) is 2.23. The minimum atomic E-state index is -3.22. The molecule has 3 rings (SSSR count). The number of rotatable bonds is 3. The maximum Gasteiger partial charge on any atom is 0.235 e. The van der Waals surface area contributed by atoms with E-state index in [1.165, 1.54) is 4.31 Å². The number of benzene rings is 1. The van der Waals surface area contributed by atoms with E-state index >= 15 is 0 Å². The molecule has 0 aromatic heterocycles. The number of anilines is 2. The zero-order valence-corrected chi connectivity index (χ0v) is 15.4. The molecule has 2 N–H and O–H groups in total. The summed E-state index contributed by atoms with van der Waals surface area (Å²) in [5.74, 6) is 0.236. The Bertz CT molecular complexity index is 703. The van der Waals surface area contributed by atoms with Crippen LogP contribution in [0.4, 0.5) is 11.4 Å². The summed E-state index contributed by atoms with van der Waals surface area (Å²) < 4.78 is 25.7. The van der Waals surface area contributed by atoms with E-state index in [1.807, 2.05) is 19.1 Å². The number of sulfonamides is 1. The Morgan fingerprint density at radius 1 is 1.29 bits per heavy atom. The molecule has 1 aromatic carbocycles. The Hall–Kier alpha value is -1.31. The Labute approximate surface area is 149 Å². The molecule has 2 fully saturated rings. The van der Waals surface area contributed by atoms with Gasteiger partial charge in [0.15, 0.2) is 0 Å². The number of hydrogen-bond donors (Lipinski definition) is 2. The monoisotopic (exact) mass is 373 g/mol. The Morgan fingerprint density at radius 3 is 2.62 bits per heavy atom. The second kappa shape index (κ2) is 7.72. The van der Waals surface area contributed by atoms with E-state index in [-0.39, 0.29) is 30.0 Å². The van der Waals surface area contributed by atoms with Crippen molar-refractivity contribution < 1.29 is 13.2 Å². The summed E-state index contributed by atoms with van der Waals surface area (Å²) in [5, 5.41) is 6.18. The van der Waals surface area contributed by atoms with Crippen molar-refractivity contribution in [3.8, 4) is 0 Å². The van der Waals surface area contributed by atoms with Crippen molar-refractivity contribution in [3.05, 3.63) is 23.8 Å². The smallest absolute Gasteiger partial charge is 0.235 e. The average Bonchev–Trinajstić information content (AvgIpc) is 2.89. The van der Waals surface area contributed by atoms with E-state index in [2.05, 4.69) is 10.6 Å². The van der Waals surface area contributed by atoms with Gasteiger partial charge in [-0.1, -0.05) is 6.07 Å². The largest absolute Gasteiger partial charge is 0.326 e. The number of nitrogens with zero attached hydrogens (tertiary/aromatic N) is 1. The molecule has 1 aromatic rings. The van der Waals surface area contributed by atoms with Crippen molar-refractivity contribution in [2.24, 2.45) is 5.92 Å². The van der Waals surface area contributed by atoms with Crippen LogP contribution in [-0.2, 0) is 14.8 Å². The van der Waals surface area contributed by atoms with Gasteiger partial charge >= 0.3 is 0 Å². The molecular formula is C16H24ClN3O3S. The fraction of sp³-hybridized carbons (Fsp3) is 0.562. The van der Waals surface area contributed by atoms with Crippen LogP contribution < -0.4 is 14.9 Å². The van der Waals surface area contributed by atoms with Gasteiger partial charge in [-0.2, -0.15) is 0 Å². The first-order valence-electron chi connectivity index (χ1n) is 8.10. The summed E-state index contributed by atoms with van der Waals surface area (Å²) >= 11 is 0. The van der Waals surface area contributed by atoms with Gasteiger partial charge in [0.2, 0.25) is 15.9 Å². The second-order valence-electron chi connectivity index (χ2n) is 6.26. The van der Waals surface area contributed by atoms with Crippen molar-refractivity contribution in [1.82, 2.24) is 5.32 Å².